The summed E-state index contributed by atoms with van der Waals surface area (Å²) in [6, 6.07) is 13.7. The molecule has 1 aliphatic heterocycles. The van der Waals surface area contributed by atoms with Crippen LogP contribution >= 0.6 is 11.6 Å². The first-order chi connectivity index (χ1) is 12.2. The lowest BCUT2D eigenvalue weighted by Gasteiger charge is -2.26. The van der Waals surface area contributed by atoms with Crippen LogP contribution in [0.3, 0.4) is 0 Å². The van der Waals surface area contributed by atoms with Gasteiger partial charge in [0, 0.05) is 28.7 Å². The van der Waals surface area contributed by atoms with Crippen LogP contribution in [0.15, 0.2) is 48.7 Å². The van der Waals surface area contributed by atoms with Gasteiger partial charge in [-0.15, -0.1) is 0 Å². The lowest BCUT2D eigenvalue weighted by atomic mass is 9.98. The summed E-state index contributed by atoms with van der Waals surface area (Å²) in [5, 5.41) is 12.1. The highest BCUT2D eigenvalue weighted by Crippen LogP contribution is 2.32. The molecule has 0 unspecified atom stereocenters. The zero-order valence-corrected chi connectivity index (χ0v) is 14.8. The van der Waals surface area contributed by atoms with E-state index in [1.165, 1.54) is 19.3 Å². The number of pyridine rings is 1. The van der Waals surface area contributed by atoms with Gasteiger partial charge in [0.05, 0.1) is 5.52 Å². The fourth-order valence-electron chi connectivity index (χ4n) is 3.61. The van der Waals surface area contributed by atoms with Crippen molar-refractivity contribution in [1.29, 1.82) is 0 Å². The number of benzene rings is 2. The minimum Gasteiger partial charge on any atom is -0.508 e. The Balaban J connectivity index is 1.72. The average molecular weight is 353 g/mol. The zero-order valence-electron chi connectivity index (χ0n) is 14.1. The van der Waals surface area contributed by atoms with Crippen LogP contribution in [0.25, 0.3) is 22.0 Å². The first-order valence-electron chi connectivity index (χ1n) is 8.79. The molecular weight excluding hydrogens is 332 g/mol. The van der Waals surface area contributed by atoms with E-state index < -0.39 is 0 Å². The second-order valence-electron chi connectivity index (χ2n) is 6.70. The second-order valence-corrected chi connectivity index (χ2v) is 7.14. The molecule has 2 heterocycles. The van der Waals surface area contributed by atoms with Gasteiger partial charge in [-0.05, 0) is 67.4 Å². The summed E-state index contributed by atoms with van der Waals surface area (Å²) in [7, 11) is 0. The number of phenolic OH excluding ortho intramolecular Hbond substituents is 1. The van der Waals surface area contributed by atoms with Crippen molar-refractivity contribution < 1.29 is 5.11 Å². The number of halogens is 1. The topological polar surface area (TPSA) is 36.4 Å². The highest BCUT2D eigenvalue weighted by molar-refractivity contribution is 6.31. The molecule has 1 saturated heterocycles. The van der Waals surface area contributed by atoms with Crippen LogP contribution in [0.1, 0.15) is 24.8 Å². The smallest absolute Gasteiger partial charge is 0.120 e. The van der Waals surface area contributed by atoms with Crippen LogP contribution in [0.4, 0.5) is 0 Å². The number of phenols is 1. The van der Waals surface area contributed by atoms with E-state index in [1.807, 2.05) is 36.5 Å². The molecule has 2 aromatic carbocycles. The second kappa shape index (κ2) is 7.03. The molecule has 0 atom stereocenters. The molecule has 0 bridgehead atoms. The third-order valence-corrected chi connectivity index (χ3v) is 5.17. The quantitative estimate of drug-likeness (QED) is 0.699. The molecule has 4 rings (SSSR count). The molecule has 0 spiro atoms. The van der Waals surface area contributed by atoms with Crippen molar-refractivity contribution in [1.82, 2.24) is 9.88 Å². The highest BCUT2D eigenvalue weighted by atomic mass is 35.5. The van der Waals surface area contributed by atoms with Crippen molar-refractivity contribution in [3.05, 3.63) is 59.2 Å². The van der Waals surface area contributed by atoms with Crippen molar-refractivity contribution in [2.75, 3.05) is 13.1 Å². The summed E-state index contributed by atoms with van der Waals surface area (Å²) >= 11 is 6.09. The Labute approximate surface area is 152 Å². The van der Waals surface area contributed by atoms with Crippen molar-refractivity contribution >= 4 is 22.5 Å². The van der Waals surface area contributed by atoms with E-state index in [1.54, 1.807) is 6.07 Å². The van der Waals surface area contributed by atoms with Gasteiger partial charge in [0.25, 0.3) is 0 Å². The van der Waals surface area contributed by atoms with Crippen LogP contribution in [0, 0.1) is 0 Å². The molecule has 1 aliphatic rings. The number of aromatic hydroxyl groups is 1. The molecule has 0 radical (unpaired) electrons. The van der Waals surface area contributed by atoms with Crippen LogP contribution in [0.2, 0.25) is 5.02 Å². The van der Waals surface area contributed by atoms with E-state index in [2.05, 4.69) is 16.0 Å². The molecule has 25 heavy (non-hydrogen) atoms. The largest absolute Gasteiger partial charge is 0.508 e. The maximum absolute atomic E-state index is 10.3. The minimum absolute atomic E-state index is 0.371. The van der Waals surface area contributed by atoms with E-state index in [0.717, 1.165) is 47.2 Å². The van der Waals surface area contributed by atoms with Gasteiger partial charge < -0.3 is 5.11 Å². The Morgan fingerprint density at radius 2 is 1.84 bits per heavy atom. The Morgan fingerprint density at radius 3 is 2.68 bits per heavy atom. The van der Waals surface area contributed by atoms with Crippen LogP contribution in [0.5, 0.6) is 5.75 Å². The number of fused-ring (bicyclic) bond motifs is 1. The van der Waals surface area contributed by atoms with Gasteiger partial charge in [-0.3, -0.25) is 9.88 Å². The van der Waals surface area contributed by atoms with Gasteiger partial charge in [0.1, 0.15) is 5.75 Å². The molecule has 1 aromatic heterocycles. The Kier molecular flexibility index (Phi) is 4.60. The van der Waals surface area contributed by atoms with E-state index in [9.17, 15) is 5.11 Å². The number of likely N-dealkylation sites (tertiary alicyclic amines) is 1. The number of aromatic nitrogens is 1. The molecule has 1 fully saturated rings. The van der Waals surface area contributed by atoms with Gasteiger partial charge in [0.2, 0.25) is 0 Å². The first-order valence-corrected chi connectivity index (χ1v) is 9.17. The van der Waals surface area contributed by atoms with E-state index in [-0.39, 0.29) is 0 Å². The molecule has 4 heteroatoms. The number of nitrogens with zero attached hydrogens (tertiary/aromatic N) is 2. The molecule has 3 aromatic rings. The lowest BCUT2D eigenvalue weighted by Crippen LogP contribution is -2.29. The first kappa shape index (κ1) is 16.4. The minimum atomic E-state index is 0.371. The third-order valence-electron chi connectivity index (χ3n) is 4.94. The molecule has 0 amide bonds. The molecule has 128 valence electrons. The highest BCUT2D eigenvalue weighted by Gasteiger charge is 2.14. The standard InChI is InChI=1S/C21H21ClN2O/c22-17-5-6-19-18(8-9-23-20(19)13-17)15-4-7-21(25)16(12-15)14-24-10-2-1-3-11-24/h4-9,12-13,25H,1-3,10-11,14H2. The Hall–Kier alpha value is -2.10. The van der Waals surface area contributed by atoms with E-state index in [4.69, 9.17) is 11.6 Å². The maximum Gasteiger partial charge on any atom is 0.120 e. The van der Waals surface area contributed by atoms with Gasteiger partial charge in [-0.25, -0.2) is 0 Å². The summed E-state index contributed by atoms with van der Waals surface area (Å²) in [5.74, 6) is 0.371. The van der Waals surface area contributed by atoms with Crippen molar-refractivity contribution in [3.8, 4) is 16.9 Å². The lowest BCUT2D eigenvalue weighted by molar-refractivity contribution is 0.218. The van der Waals surface area contributed by atoms with Gasteiger partial charge >= 0.3 is 0 Å². The number of rotatable bonds is 3. The van der Waals surface area contributed by atoms with E-state index in [0.29, 0.717) is 10.8 Å². The molecule has 1 N–H and O–H groups in total. The predicted molar refractivity (Wildman–Crippen MR) is 103 cm³/mol. The zero-order chi connectivity index (χ0) is 17.2. The Bertz CT molecular complexity index is 904. The van der Waals surface area contributed by atoms with Gasteiger partial charge in [0.15, 0.2) is 0 Å². The van der Waals surface area contributed by atoms with E-state index >= 15 is 0 Å². The molecule has 3 nitrogen and oxygen atoms in total. The van der Waals surface area contributed by atoms with Crippen LogP contribution in [-0.2, 0) is 6.54 Å². The normalized spacial score (nSPS) is 15.6. The monoisotopic (exact) mass is 352 g/mol. The fraction of sp³-hybridized carbons (Fsp3) is 0.286. The van der Waals surface area contributed by atoms with Crippen molar-refractivity contribution in [2.45, 2.75) is 25.8 Å². The summed E-state index contributed by atoms with van der Waals surface area (Å²) < 4.78 is 0. The number of hydrogen-bond acceptors (Lipinski definition) is 3. The van der Waals surface area contributed by atoms with Crippen molar-refractivity contribution in [2.24, 2.45) is 0 Å². The molecule has 0 aliphatic carbocycles. The molecule has 0 saturated carbocycles. The SMILES string of the molecule is Oc1ccc(-c2ccnc3cc(Cl)ccc23)cc1CN1CCCCC1. The summed E-state index contributed by atoms with van der Waals surface area (Å²) in [6.45, 7) is 3.02. The third kappa shape index (κ3) is 3.48. The summed E-state index contributed by atoms with van der Waals surface area (Å²) in [5.41, 5.74) is 4.08. The average Bonchev–Trinajstić information content (AvgIpc) is 2.64. The van der Waals surface area contributed by atoms with Gasteiger partial charge in [-0.2, -0.15) is 0 Å². The van der Waals surface area contributed by atoms with Gasteiger partial charge in [-0.1, -0.05) is 30.2 Å². The van der Waals surface area contributed by atoms with Crippen LogP contribution in [-0.4, -0.2) is 28.1 Å². The van der Waals surface area contributed by atoms with Crippen molar-refractivity contribution in [3.63, 3.8) is 0 Å². The summed E-state index contributed by atoms with van der Waals surface area (Å²) in [4.78, 5) is 6.84. The number of hydrogen-bond donors (Lipinski definition) is 1. The molecular formula is C21H21ClN2O. The number of piperidine rings is 1. The maximum atomic E-state index is 10.3. The Morgan fingerprint density at radius 1 is 1.00 bits per heavy atom. The van der Waals surface area contributed by atoms with Crippen LogP contribution < -0.4 is 0 Å². The fourth-order valence-corrected chi connectivity index (χ4v) is 3.78. The summed E-state index contributed by atoms with van der Waals surface area (Å²) in [6.07, 6.45) is 5.62. The predicted octanol–water partition coefficient (Wildman–Crippen LogP) is 5.25.